The Bertz CT molecular complexity index is 304. The highest BCUT2D eigenvalue weighted by Crippen LogP contribution is 2.31. The molecule has 2 heterocycles. The Hall–Kier alpha value is -0.650. The van der Waals surface area contributed by atoms with Crippen LogP contribution in [0.25, 0.3) is 0 Å². The number of rotatable bonds is 6. The molecule has 0 bridgehead atoms. The van der Waals surface area contributed by atoms with Crippen molar-refractivity contribution in [3.8, 4) is 0 Å². The van der Waals surface area contributed by atoms with Crippen LogP contribution in [-0.4, -0.2) is 56.0 Å². The minimum absolute atomic E-state index is 0.166. The van der Waals surface area contributed by atoms with Gasteiger partial charge in [0.2, 0.25) is 5.91 Å². The van der Waals surface area contributed by atoms with E-state index in [1.165, 1.54) is 0 Å². The number of carbonyl (C=O) groups excluding carboxylic acids is 1. The van der Waals surface area contributed by atoms with E-state index in [4.69, 9.17) is 9.47 Å². The lowest BCUT2D eigenvalue weighted by Crippen LogP contribution is -2.46. The smallest absolute Gasteiger partial charge is 0.221 e. The second kappa shape index (κ2) is 7.38. The lowest BCUT2D eigenvalue weighted by molar-refractivity contribution is -0.185. The summed E-state index contributed by atoms with van der Waals surface area (Å²) in [6.07, 6.45) is 3.48. The van der Waals surface area contributed by atoms with Gasteiger partial charge in [-0.2, -0.15) is 0 Å². The van der Waals surface area contributed by atoms with E-state index < -0.39 is 0 Å². The third-order valence-electron chi connectivity index (χ3n) is 4.13. The first-order valence-electron chi connectivity index (χ1n) is 7.87. The van der Waals surface area contributed by atoms with Gasteiger partial charge in [0.05, 0.1) is 13.2 Å². The van der Waals surface area contributed by atoms with Gasteiger partial charge in [-0.3, -0.25) is 4.79 Å². The molecule has 0 unspecified atom stereocenters. The Morgan fingerprint density at radius 2 is 1.90 bits per heavy atom. The monoisotopic (exact) mass is 284 g/mol. The number of nitrogens with one attached hydrogen (secondary N) is 1. The molecule has 2 fully saturated rings. The Morgan fingerprint density at radius 1 is 1.25 bits per heavy atom. The van der Waals surface area contributed by atoms with Crippen molar-refractivity contribution in [3.63, 3.8) is 0 Å². The molecule has 0 aromatic carbocycles. The molecule has 5 heteroatoms. The first kappa shape index (κ1) is 15.7. The molecule has 2 rings (SSSR count). The van der Waals surface area contributed by atoms with Crippen molar-refractivity contribution in [1.82, 2.24) is 10.2 Å². The number of hydrogen-bond acceptors (Lipinski definition) is 4. The summed E-state index contributed by atoms with van der Waals surface area (Å²) in [6, 6.07) is 0. The topological polar surface area (TPSA) is 50.8 Å². The first-order valence-corrected chi connectivity index (χ1v) is 7.87. The van der Waals surface area contributed by atoms with E-state index >= 15 is 0 Å². The Labute approximate surface area is 122 Å². The lowest BCUT2D eigenvalue weighted by Gasteiger charge is -2.37. The highest BCUT2D eigenvalue weighted by Gasteiger charge is 2.39. The zero-order chi connectivity index (χ0) is 14.4. The molecule has 2 saturated heterocycles. The number of carbonyl (C=O) groups is 1. The molecule has 0 atom stereocenters. The molecule has 116 valence electrons. The number of hydrogen-bond donors (Lipinski definition) is 1. The molecule has 1 N–H and O–H groups in total. The maximum atomic E-state index is 11.7. The van der Waals surface area contributed by atoms with Gasteiger partial charge in [0.1, 0.15) is 0 Å². The Morgan fingerprint density at radius 3 is 2.50 bits per heavy atom. The lowest BCUT2D eigenvalue weighted by atomic mass is 10.0. The molecular formula is C15H28N2O3. The van der Waals surface area contributed by atoms with E-state index in [0.29, 0.717) is 12.3 Å². The van der Waals surface area contributed by atoms with Gasteiger partial charge in [-0.1, -0.05) is 13.8 Å². The Balaban J connectivity index is 1.57. The minimum Gasteiger partial charge on any atom is -0.356 e. The molecule has 0 aliphatic carbocycles. The summed E-state index contributed by atoms with van der Waals surface area (Å²) in [4.78, 5) is 14.1. The fourth-order valence-electron chi connectivity index (χ4n) is 2.75. The maximum Gasteiger partial charge on any atom is 0.221 e. The SMILES string of the molecule is CC(C)CCNC(=O)CCN1CCC2(CC1)OCCO2. The summed E-state index contributed by atoms with van der Waals surface area (Å²) in [7, 11) is 0. The second-order valence-corrected chi connectivity index (χ2v) is 6.23. The van der Waals surface area contributed by atoms with Crippen molar-refractivity contribution in [2.75, 3.05) is 39.4 Å². The van der Waals surface area contributed by atoms with Crippen molar-refractivity contribution in [2.45, 2.75) is 45.3 Å². The summed E-state index contributed by atoms with van der Waals surface area (Å²) in [5.74, 6) is 0.495. The van der Waals surface area contributed by atoms with E-state index in [1.807, 2.05) is 0 Å². The van der Waals surface area contributed by atoms with Crippen LogP contribution in [0.1, 0.15) is 39.5 Å². The molecule has 1 amide bonds. The molecule has 2 aliphatic heterocycles. The van der Waals surface area contributed by atoms with Gasteiger partial charge in [-0.05, 0) is 12.3 Å². The average molecular weight is 284 g/mol. The zero-order valence-corrected chi connectivity index (χ0v) is 12.8. The Kier molecular flexibility index (Phi) is 5.81. The largest absolute Gasteiger partial charge is 0.356 e. The molecule has 20 heavy (non-hydrogen) atoms. The summed E-state index contributed by atoms with van der Waals surface area (Å²) < 4.78 is 11.4. The van der Waals surface area contributed by atoms with Crippen molar-refractivity contribution >= 4 is 5.91 Å². The highest BCUT2D eigenvalue weighted by atomic mass is 16.7. The van der Waals surface area contributed by atoms with Crippen molar-refractivity contribution < 1.29 is 14.3 Å². The molecule has 1 spiro atoms. The maximum absolute atomic E-state index is 11.7. The van der Waals surface area contributed by atoms with Crippen LogP contribution in [0, 0.1) is 5.92 Å². The molecule has 0 radical (unpaired) electrons. The molecule has 0 aromatic rings. The first-order chi connectivity index (χ1) is 9.60. The number of nitrogens with zero attached hydrogens (tertiary/aromatic N) is 1. The number of piperidine rings is 1. The zero-order valence-electron chi connectivity index (χ0n) is 12.8. The minimum atomic E-state index is -0.310. The van der Waals surface area contributed by atoms with Crippen LogP contribution in [-0.2, 0) is 14.3 Å². The van der Waals surface area contributed by atoms with Gasteiger partial charge >= 0.3 is 0 Å². The molecule has 0 aromatic heterocycles. The quantitative estimate of drug-likeness (QED) is 0.800. The number of likely N-dealkylation sites (tertiary alicyclic amines) is 1. The fraction of sp³-hybridized carbons (Fsp3) is 0.933. The summed E-state index contributed by atoms with van der Waals surface area (Å²) in [5, 5.41) is 2.99. The summed E-state index contributed by atoms with van der Waals surface area (Å²) in [5.41, 5.74) is 0. The van der Waals surface area contributed by atoms with E-state index in [2.05, 4.69) is 24.1 Å². The standard InChI is InChI=1S/C15H28N2O3/c1-13(2)3-7-16-14(18)4-8-17-9-5-15(6-10-17)19-11-12-20-15/h13H,3-12H2,1-2H3,(H,16,18). The van der Waals surface area contributed by atoms with E-state index in [9.17, 15) is 4.79 Å². The van der Waals surface area contributed by atoms with Gasteiger partial charge in [0.25, 0.3) is 0 Å². The number of ether oxygens (including phenoxy) is 2. The van der Waals surface area contributed by atoms with Gasteiger partial charge in [-0.25, -0.2) is 0 Å². The second-order valence-electron chi connectivity index (χ2n) is 6.23. The van der Waals surface area contributed by atoms with Crippen molar-refractivity contribution in [3.05, 3.63) is 0 Å². The van der Waals surface area contributed by atoms with Crippen molar-refractivity contribution in [2.24, 2.45) is 5.92 Å². The fourth-order valence-corrected chi connectivity index (χ4v) is 2.75. The average Bonchev–Trinajstić information content (AvgIpc) is 2.86. The predicted octanol–water partition coefficient (Wildman–Crippen LogP) is 1.38. The number of amides is 1. The normalized spacial score (nSPS) is 22.6. The highest BCUT2D eigenvalue weighted by molar-refractivity contribution is 5.75. The van der Waals surface area contributed by atoms with Gasteiger partial charge in [-0.15, -0.1) is 0 Å². The van der Waals surface area contributed by atoms with Gasteiger partial charge < -0.3 is 19.7 Å². The third-order valence-corrected chi connectivity index (χ3v) is 4.13. The van der Waals surface area contributed by atoms with E-state index in [-0.39, 0.29) is 11.7 Å². The molecule has 2 aliphatic rings. The van der Waals surface area contributed by atoms with E-state index in [1.54, 1.807) is 0 Å². The van der Waals surface area contributed by atoms with Crippen LogP contribution in [0.5, 0.6) is 0 Å². The summed E-state index contributed by atoms with van der Waals surface area (Å²) >= 11 is 0. The van der Waals surface area contributed by atoms with Crippen LogP contribution in [0.2, 0.25) is 0 Å². The molecular weight excluding hydrogens is 256 g/mol. The van der Waals surface area contributed by atoms with Crippen LogP contribution < -0.4 is 5.32 Å². The van der Waals surface area contributed by atoms with Crippen molar-refractivity contribution in [1.29, 1.82) is 0 Å². The molecule has 0 saturated carbocycles. The van der Waals surface area contributed by atoms with Gasteiger partial charge in [0.15, 0.2) is 5.79 Å². The van der Waals surface area contributed by atoms with Crippen LogP contribution in [0.15, 0.2) is 0 Å². The third kappa shape index (κ3) is 4.72. The van der Waals surface area contributed by atoms with Crippen LogP contribution in [0.4, 0.5) is 0 Å². The summed E-state index contributed by atoms with van der Waals surface area (Å²) in [6.45, 7) is 9.33. The molecule has 5 nitrogen and oxygen atoms in total. The van der Waals surface area contributed by atoms with Gasteiger partial charge in [0, 0.05) is 45.4 Å². The predicted molar refractivity (Wildman–Crippen MR) is 77.4 cm³/mol. The van der Waals surface area contributed by atoms with Crippen LogP contribution in [0.3, 0.4) is 0 Å². The van der Waals surface area contributed by atoms with Crippen LogP contribution >= 0.6 is 0 Å². The van der Waals surface area contributed by atoms with E-state index in [0.717, 1.165) is 58.7 Å².